The lowest BCUT2D eigenvalue weighted by Crippen LogP contribution is -2.36. The summed E-state index contributed by atoms with van der Waals surface area (Å²) in [6, 6.07) is 9.68. The van der Waals surface area contributed by atoms with Crippen LogP contribution in [0, 0.1) is 5.92 Å². The standard InChI is InChI=1S/C20H25Cl2N5O.HI/c1-23-20(25-12-16-10-17(21)18(22)27(16)2)24-11-13-5-3-8-15(9-13)26-19(28)14-6-4-7-14;/h3,5,8-10,14H,4,6-7,11-12H2,1-2H3,(H,26,28)(H2,23,24,25);1H. The van der Waals surface area contributed by atoms with E-state index in [0.717, 1.165) is 36.2 Å². The third-order valence-electron chi connectivity index (χ3n) is 5.01. The van der Waals surface area contributed by atoms with E-state index >= 15 is 0 Å². The van der Waals surface area contributed by atoms with Crippen LogP contribution in [0.15, 0.2) is 35.3 Å². The Morgan fingerprint density at radius 2 is 1.93 bits per heavy atom. The van der Waals surface area contributed by atoms with Gasteiger partial charge in [0.25, 0.3) is 0 Å². The fraction of sp³-hybridized carbons (Fsp3) is 0.400. The molecular weight excluding hydrogens is 524 g/mol. The van der Waals surface area contributed by atoms with Crippen LogP contribution >= 0.6 is 47.2 Å². The van der Waals surface area contributed by atoms with Gasteiger partial charge in [-0.1, -0.05) is 41.8 Å². The Bertz CT molecular complexity index is 880. The van der Waals surface area contributed by atoms with E-state index in [1.807, 2.05) is 41.9 Å². The fourth-order valence-corrected chi connectivity index (χ4v) is 3.43. The summed E-state index contributed by atoms with van der Waals surface area (Å²) in [7, 11) is 3.58. The van der Waals surface area contributed by atoms with Crippen molar-refractivity contribution >= 4 is 64.7 Å². The third kappa shape index (κ3) is 6.26. The van der Waals surface area contributed by atoms with Crippen molar-refractivity contribution in [2.24, 2.45) is 18.0 Å². The molecule has 0 saturated heterocycles. The average molecular weight is 550 g/mol. The lowest BCUT2D eigenvalue weighted by Gasteiger charge is -2.24. The SMILES string of the molecule is CN=C(NCc1cccc(NC(=O)C2CCC2)c1)NCc1cc(Cl)c(Cl)n1C.I. The van der Waals surface area contributed by atoms with Crippen LogP contribution in [0.25, 0.3) is 0 Å². The summed E-state index contributed by atoms with van der Waals surface area (Å²) in [4.78, 5) is 16.4. The molecule has 29 heavy (non-hydrogen) atoms. The highest BCUT2D eigenvalue weighted by Crippen LogP contribution is 2.27. The van der Waals surface area contributed by atoms with Gasteiger partial charge in [0.2, 0.25) is 5.91 Å². The van der Waals surface area contributed by atoms with Crippen LogP contribution in [-0.4, -0.2) is 23.5 Å². The molecule has 0 spiro atoms. The predicted octanol–water partition coefficient (Wildman–Crippen LogP) is 4.55. The van der Waals surface area contributed by atoms with Crippen LogP contribution in [-0.2, 0) is 24.9 Å². The Hall–Kier alpha value is -1.45. The molecule has 1 saturated carbocycles. The molecule has 3 rings (SSSR count). The minimum Gasteiger partial charge on any atom is -0.352 e. The Kier molecular flexibility index (Phi) is 9.10. The summed E-state index contributed by atoms with van der Waals surface area (Å²) < 4.78 is 1.83. The van der Waals surface area contributed by atoms with Crippen LogP contribution in [0.1, 0.15) is 30.5 Å². The molecular formula is C20H26Cl2IN5O. The zero-order valence-corrected chi connectivity index (χ0v) is 20.3. The zero-order valence-electron chi connectivity index (χ0n) is 16.5. The largest absolute Gasteiger partial charge is 0.352 e. The number of aromatic nitrogens is 1. The molecule has 2 aromatic rings. The van der Waals surface area contributed by atoms with Gasteiger partial charge < -0.3 is 20.5 Å². The Labute approximate surface area is 198 Å². The summed E-state index contributed by atoms with van der Waals surface area (Å²) in [5.74, 6) is 0.954. The molecule has 1 aromatic carbocycles. The van der Waals surface area contributed by atoms with Gasteiger partial charge in [0.05, 0.1) is 11.6 Å². The third-order valence-corrected chi connectivity index (χ3v) is 5.85. The highest BCUT2D eigenvalue weighted by atomic mass is 127. The van der Waals surface area contributed by atoms with Crippen LogP contribution in [0.4, 0.5) is 5.69 Å². The molecule has 158 valence electrons. The van der Waals surface area contributed by atoms with Crippen molar-refractivity contribution in [1.82, 2.24) is 15.2 Å². The molecule has 1 aliphatic carbocycles. The number of aliphatic imine (C=N–C) groups is 1. The number of benzene rings is 1. The van der Waals surface area contributed by atoms with Crippen LogP contribution in [0.5, 0.6) is 0 Å². The van der Waals surface area contributed by atoms with Gasteiger partial charge in [-0.3, -0.25) is 9.79 Å². The van der Waals surface area contributed by atoms with Crippen molar-refractivity contribution in [1.29, 1.82) is 0 Å². The number of guanidine groups is 1. The number of amides is 1. The van der Waals surface area contributed by atoms with Gasteiger partial charge in [-0.2, -0.15) is 0 Å². The average Bonchev–Trinajstić information content (AvgIpc) is 2.87. The molecule has 0 aliphatic heterocycles. The lowest BCUT2D eigenvalue weighted by molar-refractivity contribution is -0.122. The summed E-state index contributed by atoms with van der Waals surface area (Å²) in [5, 5.41) is 10.6. The molecule has 3 N–H and O–H groups in total. The predicted molar refractivity (Wildman–Crippen MR) is 130 cm³/mol. The first-order valence-electron chi connectivity index (χ1n) is 9.32. The molecule has 9 heteroatoms. The fourth-order valence-electron chi connectivity index (χ4n) is 3.01. The summed E-state index contributed by atoms with van der Waals surface area (Å²) in [6.07, 6.45) is 3.13. The van der Waals surface area contributed by atoms with E-state index in [1.165, 1.54) is 0 Å². The molecule has 1 fully saturated rings. The maximum absolute atomic E-state index is 12.1. The van der Waals surface area contributed by atoms with E-state index in [-0.39, 0.29) is 35.8 Å². The van der Waals surface area contributed by atoms with E-state index in [2.05, 4.69) is 20.9 Å². The number of rotatable bonds is 6. The van der Waals surface area contributed by atoms with Crippen molar-refractivity contribution in [3.63, 3.8) is 0 Å². The Balaban J connectivity index is 0.00000300. The number of nitrogens with zero attached hydrogens (tertiary/aromatic N) is 2. The second-order valence-electron chi connectivity index (χ2n) is 6.93. The van der Waals surface area contributed by atoms with Gasteiger partial charge in [0.15, 0.2) is 5.96 Å². The number of nitrogens with one attached hydrogen (secondary N) is 3. The van der Waals surface area contributed by atoms with Gasteiger partial charge in [-0.05, 0) is 36.6 Å². The first-order valence-corrected chi connectivity index (χ1v) is 10.1. The summed E-state index contributed by atoms with van der Waals surface area (Å²) in [6.45, 7) is 1.13. The highest BCUT2D eigenvalue weighted by molar-refractivity contribution is 14.0. The Morgan fingerprint density at radius 3 is 2.52 bits per heavy atom. The first-order chi connectivity index (χ1) is 13.5. The molecule has 0 radical (unpaired) electrons. The summed E-state index contributed by atoms with van der Waals surface area (Å²) >= 11 is 12.2. The number of hydrogen-bond acceptors (Lipinski definition) is 2. The van der Waals surface area contributed by atoms with Crippen molar-refractivity contribution in [3.05, 3.63) is 51.8 Å². The smallest absolute Gasteiger partial charge is 0.227 e. The zero-order chi connectivity index (χ0) is 20.1. The molecule has 0 atom stereocenters. The van der Waals surface area contributed by atoms with E-state index < -0.39 is 0 Å². The molecule has 0 unspecified atom stereocenters. The van der Waals surface area contributed by atoms with Crippen LogP contribution in [0.2, 0.25) is 10.2 Å². The number of hydrogen-bond donors (Lipinski definition) is 3. The minimum atomic E-state index is 0. The van der Waals surface area contributed by atoms with Crippen molar-refractivity contribution < 1.29 is 4.79 Å². The maximum atomic E-state index is 12.1. The van der Waals surface area contributed by atoms with Crippen molar-refractivity contribution in [3.8, 4) is 0 Å². The monoisotopic (exact) mass is 549 g/mol. The lowest BCUT2D eigenvalue weighted by atomic mass is 9.85. The maximum Gasteiger partial charge on any atom is 0.227 e. The van der Waals surface area contributed by atoms with E-state index in [4.69, 9.17) is 23.2 Å². The normalized spacial score (nSPS) is 14.0. The van der Waals surface area contributed by atoms with Gasteiger partial charge in [-0.15, -0.1) is 24.0 Å². The Morgan fingerprint density at radius 1 is 1.21 bits per heavy atom. The molecule has 6 nitrogen and oxygen atoms in total. The quantitative estimate of drug-likeness (QED) is 0.281. The first kappa shape index (κ1) is 23.8. The topological polar surface area (TPSA) is 70.4 Å². The van der Waals surface area contributed by atoms with E-state index in [1.54, 1.807) is 7.05 Å². The van der Waals surface area contributed by atoms with Gasteiger partial charge in [-0.25, -0.2) is 0 Å². The summed E-state index contributed by atoms with van der Waals surface area (Å²) in [5.41, 5.74) is 2.84. The van der Waals surface area contributed by atoms with Crippen LogP contribution < -0.4 is 16.0 Å². The minimum absolute atomic E-state index is 0. The number of carbonyl (C=O) groups is 1. The van der Waals surface area contributed by atoms with Gasteiger partial charge in [0.1, 0.15) is 5.15 Å². The molecule has 1 aromatic heterocycles. The van der Waals surface area contributed by atoms with Crippen molar-refractivity contribution in [2.45, 2.75) is 32.4 Å². The highest BCUT2D eigenvalue weighted by Gasteiger charge is 2.25. The molecule has 1 amide bonds. The number of anilines is 1. The van der Waals surface area contributed by atoms with Crippen LogP contribution in [0.3, 0.4) is 0 Å². The molecule has 1 aliphatic rings. The van der Waals surface area contributed by atoms with E-state index in [0.29, 0.717) is 29.2 Å². The molecule has 0 bridgehead atoms. The van der Waals surface area contributed by atoms with Gasteiger partial charge >= 0.3 is 0 Å². The van der Waals surface area contributed by atoms with E-state index in [9.17, 15) is 4.79 Å². The molecule has 1 heterocycles. The second-order valence-corrected chi connectivity index (χ2v) is 7.70. The van der Waals surface area contributed by atoms with Gasteiger partial charge in [0, 0.05) is 37.9 Å². The van der Waals surface area contributed by atoms with Crippen molar-refractivity contribution in [2.75, 3.05) is 12.4 Å². The number of halogens is 3. The second kappa shape index (κ2) is 11.1. The number of carbonyl (C=O) groups excluding carboxylic acids is 1.